The van der Waals surface area contributed by atoms with Crippen LogP contribution in [-0.2, 0) is 14.6 Å². The van der Waals surface area contributed by atoms with Gasteiger partial charge in [-0.3, -0.25) is 9.69 Å². The van der Waals surface area contributed by atoms with Gasteiger partial charge < -0.3 is 10.2 Å². The highest BCUT2D eigenvalue weighted by atomic mass is 32.2. The minimum atomic E-state index is -5.34. The molecule has 1 aromatic rings. The molecular formula is C21H30F3N3O3S. The van der Waals surface area contributed by atoms with Crippen molar-refractivity contribution in [1.29, 1.82) is 0 Å². The van der Waals surface area contributed by atoms with Crippen LogP contribution < -0.4 is 5.32 Å². The Morgan fingerprint density at radius 2 is 1.55 bits per heavy atom. The molecule has 3 rings (SSSR count). The van der Waals surface area contributed by atoms with Crippen molar-refractivity contribution in [3.8, 4) is 0 Å². The first kappa shape index (κ1) is 23.8. The van der Waals surface area contributed by atoms with E-state index in [-0.39, 0.29) is 17.9 Å². The van der Waals surface area contributed by atoms with Gasteiger partial charge in [0.15, 0.2) is 0 Å². The summed E-state index contributed by atoms with van der Waals surface area (Å²) in [5.74, 6) is 0.242. The zero-order valence-electron chi connectivity index (χ0n) is 17.9. The van der Waals surface area contributed by atoms with Gasteiger partial charge in [0.1, 0.15) is 0 Å². The predicted molar refractivity (Wildman–Crippen MR) is 112 cm³/mol. The maximum atomic E-state index is 12.8. The fraction of sp³-hybridized carbons (Fsp3) is 0.667. The number of carbonyl (C=O) groups excluding carboxylic acids is 1. The summed E-state index contributed by atoms with van der Waals surface area (Å²) in [6.07, 6.45) is 3.10. The molecular weight excluding hydrogens is 431 g/mol. The van der Waals surface area contributed by atoms with Gasteiger partial charge in [-0.2, -0.15) is 13.2 Å². The Morgan fingerprint density at radius 1 is 1.00 bits per heavy atom. The smallest absolute Gasteiger partial charge is 0.382 e. The highest BCUT2D eigenvalue weighted by Gasteiger charge is 2.46. The number of nitrogens with one attached hydrogen (secondary N) is 1. The van der Waals surface area contributed by atoms with Gasteiger partial charge in [-0.15, -0.1) is 0 Å². The second kappa shape index (κ2) is 9.36. The zero-order valence-corrected chi connectivity index (χ0v) is 18.7. The van der Waals surface area contributed by atoms with Gasteiger partial charge in [0.2, 0.25) is 5.91 Å². The third kappa shape index (κ3) is 5.52. The first-order valence-corrected chi connectivity index (χ1v) is 12.2. The molecule has 0 atom stereocenters. The molecule has 1 N–H and O–H groups in total. The van der Waals surface area contributed by atoms with Crippen molar-refractivity contribution in [3.63, 3.8) is 0 Å². The molecule has 1 saturated carbocycles. The molecule has 0 radical (unpaired) electrons. The summed E-state index contributed by atoms with van der Waals surface area (Å²) >= 11 is 0. The van der Waals surface area contributed by atoms with Crippen LogP contribution in [0.4, 0.5) is 18.9 Å². The number of benzene rings is 1. The Bertz CT molecular complexity index is 856. The van der Waals surface area contributed by atoms with Gasteiger partial charge in [-0.25, -0.2) is 8.42 Å². The van der Waals surface area contributed by atoms with Crippen LogP contribution in [0, 0.1) is 5.92 Å². The molecule has 0 spiro atoms. The van der Waals surface area contributed by atoms with Gasteiger partial charge >= 0.3 is 5.51 Å². The first-order valence-electron chi connectivity index (χ1n) is 10.7. The fourth-order valence-corrected chi connectivity index (χ4v) is 5.06. The van der Waals surface area contributed by atoms with Crippen molar-refractivity contribution < 1.29 is 26.4 Å². The number of sulfone groups is 1. The lowest BCUT2D eigenvalue weighted by Crippen LogP contribution is -2.52. The zero-order chi connectivity index (χ0) is 22.8. The van der Waals surface area contributed by atoms with E-state index in [0.29, 0.717) is 11.7 Å². The number of hydrogen-bond donors (Lipinski definition) is 1. The standard InChI is InChI=1S/C21H30F3N3O3S/c1-15(2)26-11-13-27(14-12-26)20(28)16-3-5-17(6-4-16)25-18-7-9-19(10-8-18)31(29,30)21(22,23)24/h7-10,15-17,25H,3-6,11-14H2,1-2H3/t16-,17+. The van der Waals surface area contributed by atoms with E-state index in [1.54, 1.807) is 0 Å². The van der Waals surface area contributed by atoms with Crippen LogP contribution in [0.1, 0.15) is 39.5 Å². The number of rotatable bonds is 5. The Hall–Kier alpha value is -1.81. The lowest BCUT2D eigenvalue weighted by molar-refractivity contribution is -0.138. The second-order valence-corrected chi connectivity index (χ2v) is 10.6. The molecule has 1 heterocycles. The van der Waals surface area contributed by atoms with Gasteiger partial charge in [-0.05, 0) is 63.8 Å². The average Bonchev–Trinajstić information content (AvgIpc) is 2.73. The minimum Gasteiger partial charge on any atom is -0.382 e. The summed E-state index contributed by atoms with van der Waals surface area (Å²) in [7, 11) is -5.34. The number of amides is 1. The van der Waals surface area contributed by atoms with Crippen LogP contribution in [0.2, 0.25) is 0 Å². The van der Waals surface area contributed by atoms with Gasteiger partial charge in [-0.1, -0.05) is 0 Å². The summed E-state index contributed by atoms with van der Waals surface area (Å²) in [4.78, 5) is 16.4. The van der Waals surface area contributed by atoms with Crippen LogP contribution >= 0.6 is 0 Å². The molecule has 0 bridgehead atoms. The quantitative estimate of drug-likeness (QED) is 0.727. The maximum Gasteiger partial charge on any atom is 0.501 e. The van der Waals surface area contributed by atoms with Crippen LogP contribution in [0.3, 0.4) is 0 Å². The van der Waals surface area contributed by atoms with E-state index in [2.05, 4.69) is 24.1 Å². The molecule has 0 aromatic heterocycles. The molecule has 2 aliphatic rings. The molecule has 1 aromatic carbocycles. The van der Waals surface area contributed by atoms with Crippen LogP contribution in [0.5, 0.6) is 0 Å². The summed E-state index contributed by atoms with van der Waals surface area (Å²) in [6, 6.07) is 5.23. The van der Waals surface area contributed by atoms with Crippen LogP contribution in [0.15, 0.2) is 29.2 Å². The summed E-state index contributed by atoms with van der Waals surface area (Å²) in [5, 5.41) is 3.25. The largest absolute Gasteiger partial charge is 0.501 e. The van der Waals surface area contributed by atoms with Crippen molar-refractivity contribution in [2.45, 2.75) is 62.0 Å². The maximum absolute atomic E-state index is 12.8. The highest BCUT2D eigenvalue weighted by molar-refractivity contribution is 7.92. The summed E-state index contributed by atoms with van der Waals surface area (Å²) in [5.41, 5.74) is -4.74. The second-order valence-electron chi connectivity index (χ2n) is 8.62. The van der Waals surface area contributed by atoms with Crippen LogP contribution in [0.25, 0.3) is 0 Å². The SMILES string of the molecule is CC(C)N1CCN(C(=O)[C@H]2CC[C@@H](Nc3ccc(S(=O)(=O)C(F)(F)F)cc3)CC2)CC1. The van der Waals surface area contributed by atoms with Crippen molar-refractivity contribution in [3.05, 3.63) is 24.3 Å². The molecule has 174 valence electrons. The highest BCUT2D eigenvalue weighted by Crippen LogP contribution is 2.32. The van der Waals surface area contributed by atoms with Gasteiger partial charge in [0, 0.05) is 49.9 Å². The summed E-state index contributed by atoms with van der Waals surface area (Å²) in [6.45, 7) is 7.66. The molecule has 0 unspecified atom stereocenters. The molecule has 1 aliphatic carbocycles. The number of piperazine rings is 1. The van der Waals surface area contributed by atoms with Crippen molar-refractivity contribution in [2.75, 3.05) is 31.5 Å². The Labute approximate surface area is 181 Å². The van der Waals surface area contributed by atoms with Crippen molar-refractivity contribution in [1.82, 2.24) is 9.80 Å². The molecule has 6 nitrogen and oxygen atoms in total. The molecule has 2 fully saturated rings. The van der Waals surface area contributed by atoms with E-state index in [1.807, 2.05) is 4.90 Å². The minimum absolute atomic E-state index is 0.0166. The predicted octanol–water partition coefficient (Wildman–Crippen LogP) is 3.50. The number of carbonyl (C=O) groups is 1. The number of halogens is 3. The first-order chi connectivity index (χ1) is 14.5. The molecule has 1 amide bonds. The summed E-state index contributed by atoms with van der Waals surface area (Å²) < 4.78 is 60.8. The molecule has 10 heteroatoms. The van der Waals surface area contributed by atoms with E-state index in [9.17, 15) is 26.4 Å². The number of nitrogens with zero attached hydrogens (tertiary/aromatic N) is 2. The topological polar surface area (TPSA) is 69.7 Å². The van der Waals surface area contributed by atoms with E-state index in [4.69, 9.17) is 0 Å². The fourth-order valence-electron chi connectivity index (χ4n) is 4.30. The molecule has 31 heavy (non-hydrogen) atoms. The van der Waals surface area contributed by atoms with Crippen molar-refractivity contribution >= 4 is 21.4 Å². The average molecular weight is 462 g/mol. The lowest BCUT2D eigenvalue weighted by atomic mass is 9.85. The normalized spacial score (nSPS) is 23.7. The van der Waals surface area contributed by atoms with E-state index in [1.165, 1.54) is 12.1 Å². The number of anilines is 1. The third-order valence-corrected chi connectivity index (χ3v) is 7.77. The molecule has 1 saturated heterocycles. The van der Waals surface area contributed by atoms with Gasteiger partial charge in [0.25, 0.3) is 9.84 Å². The van der Waals surface area contributed by atoms with Crippen molar-refractivity contribution in [2.24, 2.45) is 5.92 Å². The van der Waals surface area contributed by atoms with Gasteiger partial charge in [0.05, 0.1) is 4.90 Å². The van der Waals surface area contributed by atoms with E-state index < -0.39 is 20.2 Å². The van der Waals surface area contributed by atoms with Crippen LogP contribution in [-0.4, -0.2) is 67.9 Å². The molecule has 1 aliphatic heterocycles. The lowest BCUT2D eigenvalue weighted by Gasteiger charge is -2.39. The van der Waals surface area contributed by atoms with E-state index >= 15 is 0 Å². The Kier molecular flexibility index (Phi) is 7.20. The number of hydrogen-bond acceptors (Lipinski definition) is 5. The number of alkyl halides is 3. The Balaban J connectivity index is 1.49. The Morgan fingerprint density at radius 3 is 2.03 bits per heavy atom. The third-order valence-electron chi connectivity index (χ3n) is 6.27. The van der Waals surface area contributed by atoms with E-state index in [0.717, 1.165) is 64.0 Å². The monoisotopic (exact) mass is 461 g/mol.